The number of para-hydroxylation sites is 1. The number of fused-ring (bicyclic) bond motifs is 1. The van der Waals surface area contributed by atoms with E-state index < -0.39 is 0 Å². The number of anilines is 2. The molecule has 0 unspecified atom stereocenters. The van der Waals surface area contributed by atoms with Crippen LogP contribution in [0.2, 0.25) is 0 Å². The molecule has 2 N–H and O–H groups in total. The van der Waals surface area contributed by atoms with Gasteiger partial charge in [0.25, 0.3) is 5.91 Å². The van der Waals surface area contributed by atoms with Gasteiger partial charge in [0.2, 0.25) is 0 Å². The summed E-state index contributed by atoms with van der Waals surface area (Å²) in [4.78, 5) is 19.3. The summed E-state index contributed by atoms with van der Waals surface area (Å²) in [6.45, 7) is 0. The van der Waals surface area contributed by atoms with E-state index in [0.29, 0.717) is 11.6 Å². The predicted molar refractivity (Wildman–Crippen MR) is 120 cm³/mol. The highest BCUT2D eigenvalue weighted by Crippen LogP contribution is 2.29. The molecule has 1 fully saturated rings. The number of pyridine rings is 1. The summed E-state index contributed by atoms with van der Waals surface area (Å²) in [6, 6.07) is 16.4. The molecule has 30 heavy (non-hydrogen) atoms. The quantitative estimate of drug-likeness (QED) is 0.651. The minimum absolute atomic E-state index is 0.141. The number of amides is 1. The maximum absolute atomic E-state index is 13.0. The van der Waals surface area contributed by atoms with E-state index in [2.05, 4.69) is 27.7 Å². The molecule has 0 saturated heterocycles. The lowest BCUT2D eigenvalue weighted by Crippen LogP contribution is -2.40. The average molecular weight is 407 g/mol. The van der Waals surface area contributed by atoms with Crippen LogP contribution in [0, 0.1) is 5.82 Å². The number of rotatable bonds is 5. The van der Waals surface area contributed by atoms with Crippen molar-refractivity contribution in [2.24, 2.45) is 0 Å². The number of nitrogens with one attached hydrogen (secondary N) is 2. The fraction of sp³-hybridized carbons (Fsp3) is 0.333. The summed E-state index contributed by atoms with van der Waals surface area (Å²) in [6.07, 6.45) is 3.72. The minimum Gasteiger partial charge on any atom is -0.377 e. The van der Waals surface area contributed by atoms with Crippen molar-refractivity contribution in [2.45, 2.75) is 37.8 Å². The largest absolute Gasteiger partial charge is 0.377 e. The number of hydrogen-bond acceptors (Lipinski definition) is 4. The van der Waals surface area contributed by atoms with Crippen molar-refractivity contribution in [1.29, 1.82) is 0 Å². The molecule has 5 nitrogen and oxygen atoms in total. The van der Waals surface area contributed by atoms with Crippen LogP contribution < -0.4 is 15.5 Å². The number of hydrogen-bond donors (Lipinski definition) is 2. The monoisotopic (exact) mass is 406 g/mol. The zero-order valence-electron chi connectivity index (χ0n) is 17.4. The molecule has 156 valence electrons. The lowest BCUT2D eigenvalue weighted by Gasteiger charge is -2.30. The molecule has 0 aliphatic heterocycles. The van der Waals surface area contributed by atoms with Crippen LogP contribution in [-0.4, -0.2) is 37.1 Å². The summed E-state index contributed by atoms with van der Waals surface area (Å²) in [5.74, 6) is 0.410. The van der Waals surface area contributed by atoms with Gasteiger partial charge in [0.05, 0.1) is 5.52 Å². The first-order valence-electron chi connectivity index (χ1n) is 10.4. The van der Waals surface area contributed by atoms with Crippen LogP contribution in [0.4, 0.5) is 15.9 Å². The van der Waals surface area contributed by atoms with Gasteiger partial charge in [-0.2, -0.15) is 0 Å². The third-order valence-electron chi connectivity index (χ3n) is 5.70. The topological polar surface area (TPSA) is 57.3 Å². The summed E-state index contributed by atoms with van der Waals surface area (Å²) in [5.41, 5.74) is 2.61. The van der Waals surface area contributed by atoms with Gasteiger partial charge in [0.15, 0.2) is 0 Å². The highest BCUT2D eigenvalue weighted by Gasteiger charge is 2.23. The van der Waals surface area contributed by atoms with Gasteiger partial charge in [-0.05, 0) is 56.0 Å². The first kappa shape index (κ1) is 20.1. The molecule has 2 aromatic carbocycles. The van der Waals surface area contributed by atoms with Crippen LogP contribution in [-0.2, 0) is 0 Å². The van der Waals surface area contributed by atoms with Gasteiger partial charge in [-0.1, -0.05) is 18.2 Å². The van der Waals surface area contributed by atoms with Gasteiger partial charge in [-0.25, -0.2) is 9.37 Å². The van der Waals surface area contributed by atoms with E-state index in [0.717, 1.165) is 48.1 Å². The second-order valence-corrected chi connectivity index (χ2v) is 8.11. The standard InChI is InChI=1S/C24H27FN4O/c1-29(2)22-15-23(28-21-6-4-3-5-20(21)22)26-18-11-13-19(14-12-18)27-24(30)16-7-9-17(25)10-8-16/h3-10,15,18-19H,11-14H2,1-2H3,(H,26,28)(H,27,30). The maximum atomic E-state index is 13.0. The van der Waals surface area contributed by atoms with E-state index in [1.807, 2.05) is 32.3 Å². The number of aromatic nitrogens is 1. The highest BCUT2D eigenvalue weighted by molar-refractivity contribution is 5.94. The Hall–Kier alpha value is -3.15. The van der Waals surface area contributed by atoms with Crippen molar-refractivity contribution >= 4 is 28.3 Å². The normalized spacial score (nSPS) is 18.8. The summed E-state index contributed by atoms with van der Waals surface area (Å²) in [7, 11) is 4.08. The van der Waals surface area contributed by atoms with E-state index in [1.54, 1.807) is 0 Å². The van der Waals surface area contributed by atoms with Crippen molar-refractivity contribution < 1.29 is 9.18 Å². The fourth-order valence-electron chi connectivity index (χ4n) is 4.06. The van der Waals surface area contributed by atoms with Crippen molar-refractivity contribution in [3.8, 4) is 0 Å². The predicted octanol–water partition coefficient (Wildman–Crippen LogP) is 4.59. The van der Waals surface area contributed by atoms with Gasteiger partial charge in [0.1, 0.15) is 11.6 Å². The Kier molecular flexibility index (Phi) is 5.84. The van der Waals surface area contributed by atoms with Crippen molar-refractivity contribution in [2.75, 3.05) is 24.3 Å². The fourth-order valence-corrected chi connectivity index (χ4v) is 4.06. The molecule has 0 spiro atoms. The molecular weight excluding hydrogens is 379 g/mol. The van der Waals surface area contributed by atoms with Crippen LogP contribution in [0.1, 0.15) is 36.0 Å². The Balaban J connectivity index is 1.37. The molecule has 1 aliphatic rings. The van der Waals surface area contributed by atoms with Crippen molar-refractivity contribution in [3.05, 3.63) is 66.0 Å². The van der Waals surface area contributed by atoms with Crippen LogP contribution in [0.25, 0.3) is 10.9 Å². The number of carbonyl (C=O) groups excluding carboxylic acids is 1. The molecule has 0 atom stereocenters. The first-order valence-corrected chi connectivity index (χ1v) is 10.4. The molecule has 1 heterocycles. The van der Waals surface area contributed by atoms with Crippen LogP contribution in [0.3, 0.4) is 0 Å². The van der Waals surface area contributed by atoms with E-state index >= 15 is 0 Å². The Morgan fingerprint density at radius 2 is 1.67 bits per heavy atom. The lowest BCUT2D eigenvalue weighted by atomic mass is 9.91. The summed E-state index contributed by atoms with van der Waals surface area (Å²) >= 11 is 0. The lowest BCUT2D eigenvalue weighted by molar-refractivity contribution is 0.0926. The van der Waals surface area contributed by atoms with Gasteiger partial charge in [0, 0.05) is 48.9 Å². The molecule has 1 aliphatic carbocycles. The second kappa shape index (κ2) is 8.69. The molecule has 0 bridgehead atoms. The van der Waals surface area contributed by atoms with Crippen molar-refractivity contribution in [3.63, 3.8) is 0 Å². The Bertz CT molecular complexity index is 1030. The van der Waals surface area contributed by atoms with Crippen molar-refractivity contribution in [1.82, 2.24) is 10.3 Å². The molecular formula is C24H27FN4O. The average Bonchev–Trinajstić information content (AvgIpc) is 2.75. The number of halogens is 1. The molecule has 0 radical (unpaired) electrons. The number of nitrogens with zero attached hydrogens (tertiary/aromatic N) is 2. The number of carbonyl (C=O) groups is 1. The molecule has 4 rings (SSSR count). The van der Waals surface area contributed by atoms with Gasteiger partial charge in [-0.3, -0.25) is 4.79 Å². The van der Waals surface area contributed by atoms with Crippen LogP contribution in [0.15, 0.2) is 54.6 Å². The highest BCUT2D eigenvalue weighted by atomic mass is 19.1. The smallest absolute Gasteiger partial charge is 0.251 e. The maximum Gasteiger partial charge on any atom is 0.251 e. The van der Waals surface area contributed by atoms with Gasteiger partial charge in [-0.15, -0.1) is 0 Å². The zero-order valence-corrected chi connectivity index (χ0v) is 17.4. The second-order valence-electron chi connectivity index (χ2n) is 8.11. The van der Waals surface area contributed by atoms with Crippen LogP contribution >= 0.6 is 0 Å². The molecule has 3 aromatic rings. The van der Waals surface area contributed by atoms with E-state index in [-0.39, 0.29) is 17.8 Å². The number of benzene rings is 2. The molecule has 1 saturated carbocycles. The van der Waals surface area contributed by atoms with Crippen LogP contribution in [0.5, 0.6) is 0 Å². The van der Waals surface area contributed by atoms with E-state index in [1.165, 1.54) is 24.3 Å². The Morgan fingerprint density at radius 3 is 2.37 bits per heavy atom. The Labute approximate surface area is 176 Å². The van der Waals surface area contributed by atoms with Gasteiger partial charge >= 0.3 is 0 Å². The zero-order chi connectivity index (χ0) is 21.1. The third-order valence-corrected chi connectivity index (χ3v) is 5.70. The van der Waals surface area contributed by atoms with E-state index in [9.17, 15) is 9.18 Å². The first-order chi connectivity index (χ1) is 14.5. The minimum atomic E-state index is -0.335. The molecule has 1 aromatic heterocycles. The van der Waals surface area contributed by atoms with Gasteiger partial charge < -0.3 is 15.5 Å². The Morgan fingerprint density at radius 1 is 1.00 bits per heavy atom. The summed E-state index contributed by atoms with van der Waals surface area (Å²) < 4.78 is 13.0. The molecule has 1 amide bonds. The van der Waals surface area contributed by atoms with E-state index in [4.69, 9.17) is 4.98 Å². The third kappa shape index (κ3) is 4.53. The SMILES string of the molecule is CN(C)c1cc(NC2CCC(NC(=O)c3ccc(F)cc3)CC2)nc2ccccc12. The molecule has 6 heteroatoms. The summed E-state index contributed by atoms with van der Waals surface area (Å²) in [5, 5.41) is 7.80.